The summed E-state index contributed by atoms with van der Waals surface area (Å²) in [5.41, 5.74) is 0.524. The number of aliphatic hydroxyl groups excluding tert-OH is 1. The highest BCUT2D eigenvalue weighted by Gasteiger charge is 2.45. The molecule has 2 unspecified atom stereocenters. The number of amides is 1. The van der Waals surface area contributed by atoms with E-state index in [-0.39, 0.29) is 46.1 Å². The number of aliphatic hydroxyl groups is 1. The number of nitrogens with one attached hydrogen (secondary N) is 2. The van der Waals surface area contributed by atoms with Crippen molar-refractivity contribution in [2.24, 2.45) is 16.1 Å². The normalized spacial score (nSPS) is 22.9. The molecule has 1 aromatic rings. The van der Waals surface area contributed by atoms with Crippen molar-refractivity contribution in [3.8, 4) is 0 Å². The van der Waals surface area contributed by atoms with E-state index in [9.17, 15) is 22.9 Å². The third kappa shape index (κ3) is 5.90. The third-order valence-corrected chi connectivity index (χ3v) is 8.37. The predicted octanol–water partition coefficient (Wildman–Crippen LogP) is 3.85. The van der Waals surface area contributed by atoms with Gasteiger partial charge in [0.1, 0.15) is 11.3 Å². The van der Waals surface area contributed by atoms with Crippen molar-refractivity contribution >= 4 is 46.0 Å². The van der Waals surface area contributed by atoms with Crippen LogP contribution < -0.4 is 15.3 Å². The number of hydrogen-bond donors (Lipinski definition) is 3. The van der Waals surface area contributed by atoms with Crippen LogP contribution in [-0.4, -0.2) is 55.6 Å². The van der Waals surface area contributed by atoms with E-state index >= 15 is 0 Å². The lowest BCUT2D eigenvalue weighted by Crippen LogP contribution is -2.41. The van der Waals surface area contributed by atoms with Gasteiger partial charge < -0.3 is 19.8 Å². The minimum absolute atomic E-state index is 0.0118. The molecule has 10 nitrogen and oxygen atoms in total. The first-order valence-corrected chi connectivity index (χ1v) is 15.0. The molecule has 2 aliphatic rings. The number of rotatable bonds is 8. The predicted molar refractivity (Wildman–Crippen MR) is 139 cm³/mol. The SMILES string of the molecule is CCOP1(=O)N=C(C2=C(O)C(C(C)C)N(CCC(C)(C)C)C2=O)Nc2ccc(NS(C)(=O)=O)cc21. The Morgan fingerprint density at radius 3 is 2.51 bits per heavy atom. The fourth-order valence-corrected chi connectivity index (χ4v) is 6.50. The second-order valence-electron chi connectivity index (χ2n) is 10.4. The molecule has 1 amide bonds. The molecule has 0 aromatic heterocycles. The van der Waals surface area contributed by atoms with Gasteiger partial charge in [-0.15, -0.1) is 0 Å². The average Bonchev–Trinajstić information content (AvgIpc) is 2.95. The molecule has 194 valence electrons. The van der Waals surface area contributed by atoms with Crippen LogP contribution in [0.25, 0.3) is 0 Å². The van der Waals surface area contributed by atoms with Gasteiger partial charge in [0.25, 0.3) is 5.91 Å². The van der Waals surface area contributed by atoms with Crippen molar-refractivity contribution < 1.29 is 27.4 Å². The van der Waals surface area contributed by atoms with Gasteiger partial charge in [0.05, 0.1) is 29.9 Å². The first kappa shape index (κ1) is 27.2. The molecule has 3 N–H and O–H groups in total. The Kier molecular flexibility index (Phi) is 7.47. The molecule has 0 saturated heterocycles. The van der Waals surface area contributed by atoms with Crippen LogP contribution in [0.5, 0.6) is 0 Å². The second-order valence-corrected chi connectivity index (χ2v) is 14.1. The number of fused-ring (bicyclic) bond motifs is 1. The minimum Gasteiger partial charge on any atom is -0.509 e. The number of amidine groups is 1. The van der Waals surface area contributed by atoms with E-state index in [1.54, 1.807) is 11.8 Å². The average molecular weight is 527 g/mol. The summed E-state index contributed by atoms with van der Waals surface area (Å²) < 4.78 is 49.4. The summed E-state index contributed by atoms with van der Waals surface area (Å²) in [6.45, 7) is 12.3. The number of anilines is 2. The summed E-state index contributed by atoms with van der Waals surface area (Å²) in [5, 5.41) is 14.3. The number of carbonyl (C=O) groups is 1. The molecule has 0 fully saturated rings. The first-order chi connectivity index (χ1) is 16.1. The number of benzene rings is 1. The van der Waals surface area contributed by atoms with Gasteiger partial charge in [-0.05, 0) is 42.9 Å². The Balaban J connectivity index is 2.06. The van der Waals surface area contributed by atoms with Crippen LogP contribution in [0.15, 0.2) is 34.3 Å². The highest BCUT2D eigenvalue weighted by Crippen LogP contribution is 2.52. The molecule has 2 heterocycles. The summed E-state index contributed by atoms with van der Waals surface area (Å²) >= 11 is 0. The largest absolute Gasteiger partial charge is 0.509 e. The standard InChI is InChI=1S/C23H35N4O6PS/c1-8-33-34(30)17-13-15(26-35(7,31)32)9-10-16(17)24-21(25-34)18-20(28)19(14(2)3)27(22(18)29)12-11-23(4,5)6/h9-10,13-14,19,26,28H,8,11-12H2,1-7H3,(H,24,25,30). The molecule has 12 heteroatoms. The Bertz CT molecular complexity index is 1230. The molecule has 1 aromatic carbocycles. The Morgan fingerprint density at radius 2 is 1.97 bits per heavy atom. The number of carbonyl (C=O) groups excluding carboxylic acids is 1. The lowest BCUT2D eigenvalue weighted by molar-refractivity contribution is -0.127. The van der Waals surface area contributed by atoms with E-state index < -0.39 is 29.5 Å². The van der Waals surface area contributed by atoms with Crippen molar-refractivity contribution in [3.63, 3.8) is 0 Å². The van der Waals surface area contributed by atoms with Gasteiger partial charge in [-0.25, -0.2) is 8.42 Å². The van der Waals surface area contributed by atoms with E-state index in [2.05, 4.69) is 35.6 Å². The zero-order valence-electron chi connectivity index (χ0n) is 21.2. The Morgan fingerprint density at radius 1 is 1.31 bits per heavy atom. The van der Waals surface area contributed by atoms with E-state index in [0.717, 1.165) is 12.7 Å². The zero-order valence-corrected chi connectivity index (χ0v) is 23.0. The van der Waals surface area contributed by atoms with Gasteiger partial charge in [-0.2, -0.15) is 4.76 Å². The molecule has 0 aliphatic carbocycles. The summed E-state index contributed by atoms with van der Waals surface area (Å²) in [7, 11) is -7.44. The van der Waals surface area contributed by atoms with E-state index in [1.807, 2.05) is 13.8 Å². The smallest absolute Gasteiger partial charge is 0.348 e. The maximum atomic E-state index is 13.9. The molecular weight excluding hydrogens is 491 g/mol. The van der Waals surface area contributed by atoms with Crippen molar-refractivity contribution in [2.45, 2.75) is 54.0 Å². The maximum Gasteiger partial charge on any atom is 0.348 e. The van der Waals surface area contributed by atoms with Gasteiger partial charge in [0.15, 0.2) is 5.84 Å². The second kappa shape index (κ2) is 9.59. The van der Waals surface area contributed by atoms with Crippen LogP contribution in [0, 0.1) is 11.3 Å². The van der Waals surface area contributed by atoms with E-state index in [4.69, 9.17) is 4.52 Å². The van der Waals surface area contributed by atoms with Gasteiger partial charge in [-0.3, -0.25) is 14.1 Å². The Hall–Kier alpha value is -2.36. The monoisotopic (exact) mass is 526 g/mol. The fraction of sp³-hybridized carbons (Fsp3) is 0.565. The molecule has 2 atom stereocenters. The van der Waals surface area contributed by atoms with E-state index in [1.165, 1.54) is 18.2 Å². The molecule has 0 radical (unpaired) electrons. The highest BCUT2D eigenvalue weighted by molar-refractivity contribution is 7.92. The van der Waals surface area contributed by atoms with Crippen LogP contribution in [0.3, 0.4) is 0 Å². The molecule has 0 spiro atoms. The van der Waals surface area contributed by atoms with Crippen LogP contribution in [0.4, 0.5) is 11.4 Å². The van der Waals surface area contributed by atoms with Crippen LogP contribution in [0.2, 0.25) is 0 Å². The minimum atomic E-state index is -3.89. The van der Waals surface area contributed by atoms with Crippen molar-refractivity contribution in [1.29, 1.82) is 0 Å². The summed E-state index contributed by atoms with van der Waals surface area (Å²) in [6.07, 6.45) is 1.75. The number of hydrogen-bond acceptors (Lipinski definition) is 7. The zero-order chi connectivity index (χ0) is 26.3. The topological polar surface area (TPSA) is 137 Å². The number of sulfonamides is 1. The van der Waals surface area contributed by atoms with Crippen LogP contribution >= 0.6 is 7.52 Å². The molecule has 2 aliphatic heterocycles. The highest BCUT2D eigenvalue weighted by atomic mass is 32.2. The molecule has 0 bridgehead atoms. The molecular formula is C23H35N4O6PS. The lowest BCUT2D eigenvalue weighted by Gasteiger charge is -2.31. The quantitative estimate of drug-likeness (QED) is 0.438. The summed E-state index contributed by atoms with van der Waals surface area (Å²) in [6, 6.07) is 3.91. The van der Waals surface area contributed by atoms with Crippen molar-refractivity contribution in [3.05, 3.63) is 29.5 Å². The van der Waals surface area contributed by atoms with Crippen LogP contribution in [0.1, 0.15) is 48.0 Å². The fourth-order valence-electron chi connectivity index (χ4n) is 4.14. The van der Waals surface area contributed by atoms with Gasteiger partial charge in [-0.1, -0.05) is 34.6 Å². The molecule has 3 rings (SSSR count). The van der Waals surface area contributed by atoms with Crippen molar-refractivity contribution in [2.75, 3.05) is 29.4 Å². The first-order valence-electron chi connectivity index (χ1n) is 11.5. The lowest BCUT2D eigenvalue weighted by atomic mass is 9.91. The number of nitrogens with zero attached hydrogens (tertiary/aromatic N) is 2. The van der Waals surface area contributed by atoms with Gasteiger partial charge in [0.2, 0.25) is 10.0 Å². The van der Waals surface area contributed by atoms with Crippen LogP contribution in [-0.2, 0) is 23.9 Å². The van der Waals surface area contributed by atoms with Gasteiger partial charge in [0, 0.05) is 12.2 Å². The van der Waals surface area contributed by atoms with Gasteiger partial charge >= 0.3 is 7.52 Å². The van der Waals surface area contributed by atoms with E-state index in [0.29, 0.717) is 12.2 Å². The molecule has 35 heavy (non-hydrogen) atoms. The maximum absolute atomic E-state index is 13.9. The summed E-state index contributed by atoms with van der Waals surface area (Å²) in [5.74, 6) is -0.591. The Labute approximate surface area is 207 Å². The van der Waals surface area contributed by atoms with Crippen molar-refractivity contribution in [1.82, 2.24) is 4.90 Å². The summed E-state index contributed by atoms with van der Waals surface area (Å²) in [4.78, 5) is 15.2. The molecule has 0 saturated carbocycles. The third-order valence-electron chi connectivity index (χ3n) is 5.71.